The first-order valence-corrected chi connectivity index (χ1v) is 9.29. The van der Waals surface area contributed by atoms with Crippen molar-refractivity contribution >= 4 is 89.8 Å². The van der Waals surface area contributed by atoms with Gasteiger partial charge in [-0.2, -0.15) is 21.6 Å². The molecule has 0 unspecified atom stereocenters. The predicted molar refractivity (Wildman–Crippen MR) is 80.5 cm³/mol. The van der Waals surface area contributed by atoms with Crippen LogP contribution in [0.1, 0.15) is 0 Å². The lowest BCUT2D eigenvalue weighted by molar-refractivity contribution is -0.0500. The van der Waals surface area contributed by atoms with Crippen molar-refractivity contribution in [1.29, 1.82) is 0 Å². The van der Waals surface area contributed by atoms with E-state index in [1.807, 2.05) is 0 Å². The standard InChI is InChI=1S/C7Br5F3O3S/c8-1-2(9)4(11)6(5(12)3(1)10)18-19(16,17)7(13,14)15. The molecule has 0 atom stereocenters. The highest BCUT2D eigenvalue weighted by Gasteiger charge is 2.49. The van der Waals surface area contributed by atoms with Gasteiger partial charge in [-0.15, -0.1) is 0 Å². The van der Waals surface area contributed by atoms with Crippen LogP contribution >= 0.6 is 79.6 Å². The van der Waals surface area contributed by atoms with Gasteiger partial charge in [0.1, 0.15) is 0 Å². The monoisotopic (exact) mass is 616 g/mol. The Morgan fingerprint density at radius 3 is 1.42 bits per heavy atom. The molecule has 0 radical (unpaired) electrons. The van der Waals surface area contributed by atoms with E-state index in [0.717, 1.165) is 0 Å². The second-order valence-corrected chi connectivity index (χ2v) is 8.39. The molecule has 0 saturated heterocycles. The van der Waals surface area contributed by atoms with Crippen molar-refractivity contribution in [2.45, 2.75) is 5.51 Å². The lowest BCUT2D eigenvalue weighted by atomic mass is 10.3. The van der Waals surface area contributed by atoms with Crippen molar-refractivity contribution in [3.05, 3.63) is 22.4 Å². The van der Waals surface area contributed by atoms with Gasteiger partial charge >= 0.3 is 15.6 Å². The molecule has 0 aromatic heterocycles. The highest BCUT2D eigenvalue weighted by molar-refractivity contribution is 9.15. The molecule has 19 heavy (non-hydrogen) atoms. The highest BCUT2D eigenvalue weighted by Crippen LogP contribution is 2.49. The maximum Gasteiger partial charge on any atom is 0.534 e. The molecule has 3 nitrogen and oxygen atoms in total. The van der Waals surface area contributed by atoms with Gasteiger partial charge in [0.15, 0.2) is 5.75 Å². The molecule has 0 aliphatic heterocycles. The van der Waals surface area contributed by atoms with Crippen molar-refractivity contribution in [2.24, 2.45) is 0 Å². The van der Waals surface area contributed by atoms with Gasteiger partial charge in [-0.05, 0) is 79.6 Å². The Balaban J connectivity index is 3.48. The second-order valence-electron chi connectivity index (χ2n) is 2.88. The maximum atomic E-state index is 12.3. The summed E-state index contributed by atoms with van der Waals surface area (Å²) in [7, 11) is -5.76. The van der Waals surface area contributed by atoms with Crippen LogP contribution in [0.15, 0.2) is 22.4 Å². The molecule has 0 aliphatic rings. The zero-order valence-corrected chi connectivity index (χ0v) is 16.9. The second kappa shape index (κ2) is 6.11. The van der Waals surface area contributed by atoms with E-state index in [9.17, 15) is 21.6 Å². The highest BCUT2D eigenvalue weighted by atomic mass is 79.9. The van der Waals surface area contributed by atoms with Gasteiger partial charge in [-0.1, -0.05) is 0 Å². The minimum Gasteiger partial charge on any atom is -0.374 e. The van der Waals surface area contributed by atoms with Crippen LogP contribution < -0.4 is 4.18 Å². The van der Waals surface area contributed by atoms with E-state index >= 15 is 0 Å². The van der Waals surface area contributed by atoms with Crippen molar-refractivity contribution in [2.75, 3.05) is 0 Å². The van der Waals surface area contributed by atoms with E-state index in [1.165, 1.54) is 0 Å². The van der Waals surface area contributed by atoms with E-state index in [4.69, 9.17) is 0 Å². The smallest absolute Gasteiger partial charge is 0.374 e. The quantitative estimate of drug-likeness (QED) is 0.184. The Morgan fingerprint density at radius 2 is 1.11 bits per heavy atom. The molecule has 1 rings (SSSR count). The number of hydrogen-bond donors (Lipinski definition) is 0. The molecule has 0 heterocycles. The summed E-state index contributed by atoms with van der Waals surface area (Å²) in [6, 6.07) is 0. The van der Waals surface area contributed by atoms with E-state index in [-0.39, 0.29) is 17.9 Å². The Kier molecular flexibility index (Phi) is 5.86. The first-order valence-electron chi connectivity index (χ1n) is 3.92. The Morgan fingerprint density at radius 1 is 0.789 bits per heavy atom. The third kappa shape index (κ3) is 3.68. The molecular weight excluding hydrogens is 621 g/mol. The summed E-state index contributed by atoms with van der Waals surface area (Å²) < 4.78 is 64.0. The lowest BCUT2D eigenvalue weighted by Crippen LogP contribution is -2.28. The fraction of sp³-hybridized carbons (Fsp3) is 0.143. The van der Waals surface area contributed by atoms with E-state index in [1.54, 1.807) is 0 Å². The molecule has 108 valence electrons. The average Bonchev–Trinajstić information content (AvgIpc) is 2.28. The summed E-state index contributed by atoms with van der Waals surface area (Å²) in [5.41, 5.74) is -5.52. The van der Waals surface area contributed by atoms with Gasteiger partial charge < -0.3 is 4.18 Å². The van der Waals surface area contributed by atoms with Crippen LogP contribution in [0.4, 0.5) is 13.2 Å². The largest absolute Gasteiger partial charge is 0.534 e. The number of rotatable bonds is 2. The van der Waals surface area contributed by atoms with Crippen LogP contribution in [0, 0.1) is 0 Å². The Labute approximate surface area is 148 Å². The average molecular weight is 621 g/mol. The molecule has 0 N–H and O–H groups in total. The molecular formula is C7Br5F3O3S. The van der Waals surface area contributed by atoms with Crippen molar-refractivity contribution < 1.29 is 25.8 Å². The maximum absolute atomic E-state index is 12.3. The topological polar surface area (TPSA) is 43.4 Å². The van der Waals surface area contributed by atoms with Crippen molar-refractivity contribution in [3.63, 3.8) is 0 Å². The minimum atomic E-state index is -5.76. The van der Waals surface area contributed by atoms with Crippen LogP contribution in [-0.2, 0) is 10.1 Å². The number of benzene rings is 1. The van der Waals surface area contributed by atoms with E-state index in [0.29, 0.717) is 4.47 Å². The Bertz CT molecular complexity index is 599. The summed E-state index contributed by atoms with van der Waals surface area (Å²) >= 11 is 15.2. The lowest BCUT2D eigenvalue weighted by Gasteiger charge is -2.15. The fourth-order valence-corrected chi connectivity index (χ4v) is 4.68. The summed E-state index contributed by atoms with van der Waals surface area (Å²) in [5, 5.41) is 0. The minimum absolute atomic E-state index is 0.00211. The third-order valence-electron chi connectivity index (χ3n) is 1.65. The van der Waals surface area contributed by atoms with Gasteiger partial charge in [-0.3, -0.25) is 0 Å². The number of hydrogen-bond acceptors (Lipinski definition) is 3. The SMILES string of the molecule is O=S(=O)(Oc1c(Br)c(Br)c(Br)c(Br)c1Br)C(F)(F)F. The van der Waals surface area contributed by atoms with Gasteiger partial charge in [0, 0.05) is 4.47 Å². The van der Waals surface area contributed by atoms with E-state index < -0.39 is 21.4 Å². The van der Waals surface area contributed by atoms with Gasteiger partial charge in [-0.25, -0.2) is 0 Å². The first-order chi connectivity index (χ1) is 8.40. The summed E-state index contributed by atoms with van der Waals surface area (Å²) in [5.74, 6) is -0.528. The predicted octanol–water partition coefficient (Wildman–Crippen LogP) is 5.73. The molecule has 0 saturated carbocycles. The zero-order valence-electron chi connectivity index (χ0n) is 8.16. The van der Waals surface area contributed by atoms with Crippen LogP contribution in [0.25, 0.3) is 0 Å². The Hall–Kier alpha value is 1.16. The molecule has 12 heteroatoms. The zero-order chi connectivity index (χ0) is 15.2. The summed E-state index contributed by atoms with van der Waals surface area (Å²) in [6.45, 7) is 0. The summed E-state index contributed by atoms with van der Waals surface area (Å²) in [4.78, 5) is 0. The molecule has 0 spiro atoms. The summed E-state index contributed by atoms with van der Waals surface area (Å²) in [6.07, 6.45) is 0. The number of alkyl halides is 3. The van der Waals surface area contributed by atoms with E-state index in [2.05, 4.69) is 83.8 Å². The van der Waals surface area contributed by atoms with Gasteiger partial charge in [0.25, 0.3) is 0 Å². The molecule has 0 amide bonds. The van der Waals surface area contributed by atoms with Crippen LogP contribution in [0.2, 0.25) is 0 Å². The van der Waals surface area contributed by atoms with Crippen LogP contribution in [0.3, 0.4) is 0 Å². The molecule has 1 aromatic carbocycles. The van der Waals surface area contributed by atoms with Crippen molar-refractivity contribution in [1.82, 2.24) is 0 Å². The van der Waals surface area contributed by atoms with Gasteiger partial charge in [0.2, 0.25) is 0 Å². The molecule has 1 aromatic rings. The van der Waals surface area contributed by atoms with Crippen molar-refractivity contribution in [3.8, 4) is 5.75 Å². The first kappa shape index (κ1) is 18.2. The van der Waals surface area contributed by atoms with Gasteiger partial charge in [0.05, 0.1) is 17.9 Å². The normalized spacial score (nSPS) is 12.6. The van der Waals surface area contributed by atoms with Crippen LogP contribution in [-0.4, -0.2) is 13.9 Å². The molecule has 0 aliphatic carbocycles. The molecule has 0 fully saturated rings. The number of halogens is 8. The van der Waals surface area contributed by atoms with Crippen LogP contribution in [0.5, 0.6) is 5.75 Å². The fourth-order valence-electron chi connectivity index (χ4n) is 0.815. The third-order valence-corrected chi connectivity index (χ3v) is 8.62. The molecule has 0 bridgehead atoms.